The minimum atomic E-state index is -0.900. The molecule has 96 valence electrons. The quantitative estimate of drug-likeness (QED) is 0.896. The second-order valence-corrected chi connectivity index (χ2v) is 7.58. The van der Waals surface area contributed by atoms with Crippen LogP contribution in [-0.4, -0.2) is 14.7 Å². The lowest BCUT2D eigenvalue weighted by Crippen LogP contribution is -2.29. The summed E-state index contributed by atoms with van der Waals surface area (Å²) in [5, 5.41) is 0. The Bertz CT molecular complexity index is 378. The highest BCUT2D eigenvalue weighted by Gasteiger charge is 2.22. The van der Waals surface area contributed by atoms with Crippen molar-refractivity contribution < 1.29 is 4.21 Å². The summed E-state index contributed by atoms with van der Waals surface area (Å²) in [5.74, 6) is 0.523. The zero-order chi connectivity index (χ0) is 13.1. The molecule has 2 atom stereocenters. The van der Waals surface area contributed by atoms with Gasteiger partial charge in [0.25, 0.3) is 0 Å². The average molecular weight is 253 g/mol. The number of nitrogens with two attached hydrogens (primary N) is 1. The summed E-state index contributed by atoms with van der Waals surface area (Å²) in [7, 11) is -0.900. The molecule has 0 saturated heterocycles. The molecule has 0 bridgehead atoms. The Morgan fingerprint density at radius 1 is 1.24 bits per heavy atom. The third-order valence-corrected chi connectivity index (χ3v) is 4.86. The molecule has 0 aromatic heterocycles. The van der Waals surface area contributed by atoms with Crippen molar-refractivity contribution in [3.63, 3.8) is 0 Å². The van der Waals surface area contributed by atoms with Gasteiger partial charge in [0.05, 0.1) is 0 Å². The minimum Gasteiger partial charge on any atom is -0.323 e. The summed E-state index contributed by atoms with van der Waals surface area (Å²) in [6.07, 6.45) is 1.03. The maximum absolute atomic E-state index is 12.0. The van der Waals surface area contributed by atoms with Crippen LogP contribution in [0.3, 0.4) is 0 Å². The smallest absolute Gasteiger partial charge is 0.0433 e. The van der Waals surface area contributed by atoms with Gasteiger partial charge in [-0.2, -0.15) is 0 Å². The van der Waals surface area contributed by atoms with Crippen molar-refractivity contribution in [3.8, 4) is 0 Å². The van der Waals surface area contributed by atoms with Gasteiger partial charge in [-0.25, -0.2) is 0 Å². The van der Waals surface area contributed by atoms with E-state index in [1.807, 2.05) is 32.9 Å². The fourth-order valence-electron chi connectivity index (χ4n) is 1.51. The summed E-state index contributed by atoms with van der Waals surface area (Å²) in [5.41, 5.74) is 8.46. The Labute approximate surface area is 107 Å². The predicted molar refractivity (Wildman–Crippen MR) is 75.5 cm³/mol. The fraction of sp³-hybridized carbons (Fsp3) is 0.571. The van der Waals surface area contributed by atoms with Crippen LogP contribution in [0, 0.1) is 0 Å². The zero-order valence-electron chi connectivity index (χ0n) is 11.2. The maximum Gasteiger partial charge on any atom is 0.0433 e. The molecule has 0 aliphatic rings. The van der Waals surface area contributed by atoms with Crippen molar-refractivity contribution in [2.75, 3.05) is 5.75 Å². The van der Waals surface area contributed by atoms with Gasteiger partial charge >= 0.3 is 0 Å². The average Bonchev–Trinajstić information content (AvgIpc) is 2.27. The molecule has 2 unspecified atom stereocenters. The minimum absolute atomic E-state index is 0.138. The Kier molecular flexibility index (Phi) is 4.90. The van der Waals surface area contributed by atoms with Crippen molar-refractivity contribution in [2.24, 2.45) is 5.73 Å². The van der Waals surface area contributed by atoms with E-state index in [0.29, 0.717) is 5.75 Å². The Balaban J connectivity index is 2.70. The number of aryl methyl sites for hydroxylation is 1. The topological polar surface area (TPSA) is 43.1 Å². The number of rotatable bonds is 4. The number of hydrogen-bond donors (Lipinski definition) is 1. The lowest BCUT2D eigenvalue weighted by molar-refractivity contribution is 0.640. The highest BCUT2D eigenvalue weighted by atomic mass is 32.2. The summed E-state index contributed by atoms with van der Waals surface area (Å²) >= 11 is 0. The van der Waals surface area contributed by atoms with Crippen LogP contribution in [0.5, 0.6) is 0 Å². The number of hydrogen-bond acceptors (Lipinski definition) is 2. The Morgan fingerprint density at radius 3 is 2.18 bits per heavy atom. The zero-order valence-corrected chi connectivity index (χ0v) is 12.0. The molecule has 1 aromatic carbocycles. The van der Waals surface area contributed by atoms with E-state index >= 15 is 0 Å². The molecule has 2 N–H and O–H groups in total. The van der Waals surface area contributed by atoms with E-state index in [-0.39, 0.29) is 10.8 Å². The van der Waals surface area contributed by atoms with Crippen LogP contribution in [0.4, 0.5) is 0 Å². The van der Waals surface area contributed by atoms with E-state index < -0.39 is 10.8 Å². The normalized spacial score (nSPS) is 15.6. The largest absolute Gasteiger partial charge is 0.323 e. The molecule has 2 nitrogen and oxygen atoms in total. The van der Waals surface area contributed by atoms with Gasteiger partial charge in [0, 0.05) is 27.3 Å². The molecule has 0 fully saturated rings. The molecule has 0 saturated carbocycles. The molecule has 0 aliphatic heterocycles. The highest BCUT2D eigenvalue weighted by Crippen LogP contribution is 2.18. The summed E-state index contributed by atoms with van der Waals surface area (Å²) in [6.45, 7) is 8.08. The molecule has 17 heavy (non-hydrogen) atoms. The molecule has 0 radical (unpaired) electrons. The van der Waals surface area contributed by atoms with E-state index in [9.17, 15) is 4.21 Å². The molecule has 0 amide bonds. The first-order valence-corrected chi connectivity index (χ1v) is 7.39. The van der Waals surface area contributed by atoms with Crippen molar-refractivity contribution in [3.05, 3.63) is 35.4 Å². The van der Waals surface area contributed by atoms with Gasteiger partial charge in [-0.15, -0.1) is 0 Å². The SMILES string of the molecule is CCc1ccc(C(N)CS(=O)C(C)(C)C)cc1. The summed E-state index contributed by atoms with van der Waals surface area (Å²) < 4.78 is 11.8. The molecule has 1 rings (SSSR count). The Hall–Kier alpha value is -0.670. The van der Waals surface area contributed by atoms with Crippen LogP contribution in [0.2, 0.25) is 0 Å². The number of benzene rings is 1. The van der Waals surface area contributed by atoms with E-state index in [1.165, 1.54) is 5.56 Å². The lowest BCUT2D eigenvalue weighted by atomic mass is 10.1. The van der Waals surface area contributed by atoms with E-state index in [1.54, 1.807) is 0 Å². The van der Waals surface area contributed by atoms with Crippen molar-refractivity contribution >= 4 is 10.8 Å². The molecule has 3 heteroatoms. The monoisotopic (exact) mass is 253 g/mol. The molecular formula is C14H23NOS. The first-order chi connectivity index (χ1) is 7.84. The highest BCUT2D eigenvalue weighted by molar-refractivity contribution is 7.86. The maximum atomic E-state index is 12.0. The summed E-state index contributed by atoms with van der Waals surface area (Å²) in [6, 6.07) is 8.14. The molecular weight excluding hydrogens is 230 g/mol. The van der Waals surface area contributed by atoms with Crippen LogP contribution in [0.1, 0.15) is 44.9 Å². The molecule has 1 aromatic rings. The third kappa shape index (κ3) is 4.25. The van der Waals surface area contributed by atoms with Gasteiger partial charge < -0.3 is 5.73 Å². The fourth-order valence-corrected chi connectivity index (χ4v) is 2.53. The Morgan fingerprint density at radius 2 is 1.76 bits per heavy atom. The first kappa shape index (κ1) is 14.4. The summed E-state index contributed by atoms with van der Waals surface area (Å²) in [4.78, 5) is 0. The van der Waals surface area contributed by atoms with Crippen molar-refractivity contribution in [1.82, 2.24) is 0 Å². The molecule has 0 spiro atoms. The van der Waals surface area contributed by atoms with Crippen LogP contribution in [0.15, 0.2) is 24.3 Å². The lowest BCUT2D eigenvalue weighted by Gasteiger charge is -2.21. The third-order valence-electron chi connectivity index (χ3n) is 2.83. The van der Waals surface area contributed by atoms with Crippen molar-refractivity contribution in [2.45, 2.75) is 44.9 Å². The van der Waals surface area contributed by atoms with Crippen LogP contribution < -0.4 is 5.73 Å². The molecule has 0 aliphatic carbocycles. The van der Waals surface area contributed by atoms with Crippen LogP contribution >= 0.6 is 0 Å². The molecule has 0 heterocycles. The van der Waals surface area contributed by atoms with Gasteiger partial charge in [-0.3, -0.25) is 4.21 Å². The van der Waals surface area contributed by atoms with Crippen molar-refractivity contribution in [1.29, 1.82) is 0 Å². The van der Waals surface area contributed by atoms with E-state index in [0.717, 1.165) is 12.0 Å². The van der Waals surface area contributed by atoms with Gasteiger partial charge in [-0.1, -0.05) is 31.2 Å². The van der Waals surface area contributed by atoms with E-state index in [2.05, 4.69) is 19.1 Å². The second-order valence-electron chi connectivity index (χ2n) is 5.33. The first-order valence-electron chi connectivity index (χ1n) is 6.07. The van der Waals surface area contributed by atoms with E-state index in [4.69, 9.17) is 5.73 Å². The van der Waals surface area contributed by atoms with Gasteiger partial charge in [0.2, 0.25) is 0 Å². The van der Waals surface area contributed by atoms with Gasteiger partial charge in [0.1, 0.15) is 0 Å². The second kappa shape index (κ2) is 5.78. The van der Waals surface area contributed by atoms with Gasteiger partial charge in [0.15, 0.2) is 0 Å². The predicted octanol–water partition coefficient (Wildman–Crippen LogP) is 2.80. The van der Waals surface area contributed by atoms with Crippen LogP contribution in [-0.2, 0) is 17.2 Å². The van der Waals surface area contributed by atoms with Crippen LogP contribution in [0.25, 0.3) is 0 Å². The standard InChI is InChI=1S/C14H23NOS/c1-5-11-6-8-12(9-7-11)13(15)10-17(16)14(2,3)4/h6-9,13H,5,10,15H2,1-4H3. The van der Waals surface area contributed by atoms with Gasteiger partial charge in [-0.05, 0) is 38.3 Å².